The molecule has 1 heterocycles. The van der Waals surface area contributed by atoms with Crippen molar-refractivity contribution >= 4 is 21.9 Å². The minimum Gasteiger partial charge on any atom is -0.476 e. The second kappa shape index (κ2) is 4.92. The maximum absolute atomic E-state index is 10.9. The molecule has 1 aromatic heterocycles. The summed E-state index contributed by atoms with van der Waals surface area (Å²) in [5.41, 5.74) is -0.213. The predicted molar refractivity (Wildman–Crippen MR) is 63.2 cm³/mol. The van der Waals surface area contributed by atoms with Crippen molar-refractivity contribution in [2.75, 3.05) is 0 Å². The molecule has 0 aliphatic rings. The van der Waals surface area contributed by atoms with Crippen molar-refractivity contribution in [3.05, 3.63) is 46.8 Å². The fourth-order valence-corrected chi connectivity index (χ4v) is 1.43. The van der Waals surface area contributed by atoms with Gasteiger partial charge in [0.05, 0.1) is 0 Å². The molecule has 0 aliphatic heterocycles. The van der Waals surface area contributed by atoms with Gasteiger partial charge in [0.1, 0.15) is 5.75 Å². The lowest BCUT2D eigenvalue weighted by Crippen LogP contribution is -2.04. The van der Waals surface area contributed by atoms with Crippen LogP contribution in [-0.2, 0) is 0 Å². The number of hydrogen-bond donors (Lipinski definition) is 1. The Morgan fingerprint density at radius 2 is 1.82 bits per heavy atom. The number of nitrogens with zero attached hydrogens (tertiary/aromatic N) is 2. The second-order valence-corrected chi connectivity index (χ2v) is 3.99. The molecular formula is C11H7BrN2O3. The summed E-state index contributed by atoms with van der Waals surface area (Å²) in [5.74, 6) is -0.705. The highest BCUT2D eigenvalue weighted by Gasteiger charge is 2.14. The van der Waals surface area contributed by atoms with Crippen molar-refractivity contribution in [2.24, 2.45) is 0 Å². The summed E-state index contributed by atoms with van der Waals surface area (Å²) in [6, 6.07) is 6.97. The molecule has 0 radical (unpaired) electrons. The molecule has 0 fully saturated rings. The van der Waals surface area contributed by atoms with E-state index in [0.29, 0.717) is 5.75 Å². The van der Waals surface area contributed by atoms with Crippen molar-refractivity contribution in [2.45, 2.75) is 0 Å². The van der Waals surface area contributed by atoms with Gasteiger partial charge in [0.2, 0.25) is 5.69 Å². The maximum Gasteiger partial charge on any atom is 0.360 e. The Balaban J connectivity index is 2.30. The van der Waals surface area contributed by atoms with Crippen LogP contribution in [0.25, 0.3) is 0 Å². The third-order valence-electron chi connectivity index (χ3n) is 1.90. The van der Waals surface area contributed by atoms with E-state index in [1.165, 1.54) is 12.4 Å². The largest absolute Gasteiger partial charge is 0.476 e. The first-order valence-electron chi connectivity index (χ1n) is 4.64. The molecule has 0 amide bonds. The van der Waals surface area contributed by atoms with E-state index < -0.39 is 5.97 Å². The van der Waals surface area contributed by atoms with Crippen LogP contribution in [0.3, 0.4) is 0 Å². The average Bonchev–Trinajstić information content (AvgIpc) is 2.32. The topological polar surface area (TPSA) is 72.3 Å². The molecule has 6 heteroatoms. The third-order valence-corrected chi connectivity index (χ3v) is 2.42. The number of carbonyl (C=O) groups is 1. The van der Waals surface area contributed by atoms with Crippen molar-refractivity contribution in [1.29, 1.82) is 0 Å². The first-order valence-corrected chi connectivity index (χ1v) is 5.44. The van der Waals surface area contributed by atoms with E-state index in [9.17, 15) is 4.79 Å². The number of halogens is 1. The normalized spacial score (nSPS) is 9.94. The first kappa shape index (κ1) is 11.5. The highest BCUT2D eigenvalue weighted by atomic mass is 79.9. The maximum atomic E-state index is 10.9. The molecular weight excluding hydrogens is 288 g/mol. The number of benzene rings is 1. The van der Waals surface area contributed by atoms with Gasteiger partial charge in [0.15, 0.2) is 0 Å². The van der Waals surface area contributed by atoms with Gasteiger partial charge in [-0.15, -0.1) is 0 Å². The van der Waals surface area contributed by atoms with Crippen molar-refractivity contribution < 1.29 is 14.6 Å². The third kappa shape index (κ3) is 2.79. The molecule has 0 saturated heterocycles. The monoisotopic (exact) mass is 294 g/mol. The van der Waals surface area contributed by atoms with Crippen LogP contribution >= 0.6 is 15.9 Å². The first-order chi connectivity index (χ1) is 8.16. The van der Waals surface area contributed by atoms with Crippen LogP contribution in [0.1, 0.15) is 10.5 Å². The van der Waals surface area contributed by atoms with Gasteiger partial charge >= 0.3 is 5.97 Å². The highest BCUT2D eigenvalue weighted by Crippen LogP contribution is 2.23. The summed E-state index contributed by atoms with van der Waals surface area (Å²) >= 11 is 3.29. The van der Waals surface area contributed by atoms with Crippen LogP contribution in [0.5, 0.6) is 11.6 Å². The van der Waals surface area contributed by atoms with Crippen LogP contribution < -0.4 is 4.74 Å². The second-order valence-electron chi connectivity index (χ2n) is 3.07. The smallest absolute Gasteiger partial charge is 0.360 e. The molecule has 0 spiro atoms. The lowest BCUT2D eigenvalue weighted by molar-refractivity contribution is 0.0686. The minimum absolute atomic E-state index is 0.0256. The molecule has 86 valence electrons. The summed E-state index contributed by atoms with van der Waals surface area (Å²) in [5, 5.41) is 8.90. The van der Waals surface area contributed by atoms with E-state index in [4.69, 9.17) is 9.84 Å². The Kier molecular flexibility index (Phi) is 3.34. The predicted octanol–water partition coefficient (Wildman–Crippen LogP) is 2.73. The van der Waals surface area contributed by atoms with Crippen molar-refractivity contribution in [1.82, 2.24) is 9.97 Å². The van der Waals surface area contributed by atoms with Crippen LogP contribution in [0.4, 0.5) is 0 Å². The zero-order valence-corrected chi connectivity index (χ0v) is 10.1. The molecule has 0 atom stereocenters. The summed E-state index contributed by atoms with van der Waals surface area (Å²) in [6.07, 6.45) is 2.68. The van der Waals surface area contributed by atoms with Gasteiger partial charge in [0, 0.05) is 16.9 Å². The van der Waals surface area contributed by atoms with Gasteiger partial charge in [-0.2, -0.15) is 0 Å². The quantitative estimate of drug-likeness (QED) is 0.942. The molecule has 0 saturated carbocycles. The number of carboxylic acids is 1. The molecule has 0 unspecified atom stereocenters. The Labute approximate surface area is 105 Å². The van der Waals surface area contributed by atoms with E-state index in [1.54, 1.807) is 24.3 Å². The van der Waals surface area contributed by atoms with E-state index in [-0.39, 0.29) is 11.6 Å². The van der Waals surface area contributed by atoms with Gasteiger partial charge in [-0.3, -0.25) is 0 Å². The van der Waals surface area contributed by atoms with E-state index in [0.717, 1.165) is 4.47 Å². The number of aromatic carboxylic acids is 1. The van der Waals surface area contributed by atoms with Gasteiger partial charge in [-0.1, -0.05) is 15.9 Å². The fourth-order valence-electron chi connectivity index (χ4n) is 1.16. The van der Waals surface area contributed by atoms with Gasteiger partial charge in [0.25, 0.3) is 5.88 Å². The molecule has 0 bridgehead atoms. The zero-order valence-electron chi connectivity index (χ0n) is 8.50. The Morgan fingerprint density at radius 1 is 1.18 bits per heavy atom. The SMILES string of the molecule is O=C(O)c1nccnc1Oc1ccc(Br)cc1. The number of aromatic nitrogens is 2. The summed E-state index contributed by atoms with van der Waals surface area (Å²) in [4.78, 5) is 18.4. The summed E-state index contributed by atoms with van der Waals surface area (Å²) in [6.45, 7) is 0. The van der Waals surface area contributed by atoms with Gasteiger partial charge in [-0.25, -0.2) is 14.8 Å². The molecule has 2 rings (SSSR count). The van der Waals surface area contributed by atoms with E-state index in [2.05, 4.69) is 25.9 Å². The van der Waals surface area contributed by atoms with Gasteiger partial charge in [-0.05, 0) is 24.3 Å². The summed E-state index contributed by atoms with van der Waals surface area (Å²) in [7, 11) is 0. The minimum atomic E-state index is -1.18. The van der Waals surface area contributed by atoms with E-state index >= 15 is 0 Å². The average molecular weight is 295 g/mol. The summed E-state index contributed by atoms with van der Waals surface area (Å²) < 4.78 is 6.26. The Bertz CT molecular complexity index is 543. The molecule has 2 aromatic rings. The molecule has 5 nitrogen and oxygen atoms in total. The standard InChI is InChI=1S/C11H7BrN2O3/c12-7-1-3-8(4-2-7)17-10-9(11(15)16)13-5-6-14-10/h1-6H,(H,15,16). The number of rotatable bonds is 3. The number of hydrogen-bond acceptors (Lipinski definition) is 4. The van der Waals surface area contributed by atoms with Crippen LogP contribution in [-0.4, -0.2) is 21.0 Å². The lowest BCUT2D eigenvalue weighted by atomic mass is 10.3. The Hall–Kier alpha value is -1.95. The molecule has 1 N–H and O–H groups in total. The molecule has 17 heavy (non-hydrogen) atoms. The highest BCUT2D eigenvalue weighted by molar-refractivity contribution is 9.10. The Morgan fingerprint density at radius 3 is 2.47 bits per heavy atom. The number of carboxylic acid groups (broad SMARTS) is 1. The zero-order chi connectivity index (χ0) is 12.3. The van der Waals surface area contributed by atoms with Crippen LogP contribution in [0, 0.1) is 0 Å². The van der Waals surface area contributed by atoms with Crippen LogP contribution in [0.2, 0.25) is 0 Å². The van der Waals surface area contributed by atoms with Crippen molar-refractivity contribution in [3.8, 4) is 11.6 Å². The molecule has 0 aliphatic carbocycles. The number of ether oxygens (including phenoxy) is 1. The van der Waals surface area contributed by atoms with Gasteiger partial charge < -0.3 is 9.84 Å². The molecule has 1 aromatic carbocycles. The van der Waals surface area contributed by atoms with Crippen molar-refractivity contribution in [3.63, 3.8) is 0 Å². The lowest BCUT2D eigenvalue weighted by Gasteiger charge is -2.06. The fraction of sp³-hybridized carbons (Fsp3) is 0. The van der Waals surface area contributed by atoms with E-state index in [1.807, 2.05) is 0 Å². The van der Waals surface area contributed by atoms with Crippen LogP contribution in [0.15, 0.2) is 41.1 Å².